The summed E-state index contributed by atoms with van der Waals surface area (Å²) in [6.45, 7) is 2.53. The smallest absolute Gasteiger partial charge is 0.228 e. The number of hydrogen-bond acceptors (Lipinski definition) is 3. The zero-order valence-corrected chi connectivity index (χ0v) is 17.8. The van der Waals surface area contributed by atoms with Gasteiger partial charge < -0.3 is 5.32 Å². The van der Waals surface area contributed by atoms with Gasteiger partial charge in [0.05, 0.1) is 11.7 Å². The molecule has 1 unspecified atom stereocenters. The maximum Gasteiger partial charge on any atom is 0.228 e. The van der Waals surface area contributed by atoms with Gasteiger partial charge in [-0.05, 0) is 55.2 Å². The van der Waals surface area contributed by atoms with E-state index < -0.39 is 10.0 Å². The summed E-state index contributed by atoms with van der Waals surface area (Å²) >= 11 is 12.0. The van der Waals surface area contributed by atoms with E-state index >= 15 is 0 Å². The predicted molar refractivity (Wildman–Crippen MR) is 113 cm³/mol. The van der Waals surface area contributed by atoms with Crippen LogP contribution in [0.15, 0.2) is 42.5 Å². The molecule has 1 aliphatic rings. The number of carbonyl (C=O) groups excluding carboxylic acids is 1. The van der Waals surface area contributed by atoms with Crippen LogP contribution in [0.5, 0.6) is 0 Å². The molecule has 1 aliphatic heterocycles. The second-order valence-electron chi connectivity index (χ2n) is 7.05. The Morgan fingerprint density at radius 1 is 1.21 bits per heavy atom. The van der Waals surface area contributed by atoms with Gasteiger partial charge >= 0.3 is 0 Å². The number of hydrogen-bond donors (Lipinski definition) is 1. The molecule has 1 heterocycles. The number of piperidine rings is 1. The maximum absolute atomic E-state index is 12.9. The monoisotopic (exact) mass is 440 g/mol. The molecule has 0 bridgehead atoms. The maximum atomic E-state index is 12.9. The fourth-order valence-corrected chi connectivity index (χ4v) is 5.50. The Morgan fingerprint density at radius 3 is 2.71 bits per heavy atom. The summed E-state index contributed by atoms with van der Waals surface area (Å²) in [4.78, 5) is 12.6. The van der Waals surface area contributed by atoms with Gasteiger partial charge in [-0.1, -0.05) is 41.4 Å². The summed E-state index contributed by atoms with van der Waals surface area (Å²) in [5, 5.41) is 3.67. The number of nitrogens with zero attached hydrogens (tertiary/aromatic N) is 1. The highest BCUT2D eigenvalue weighted by molar-refractivity contribution is 7.88. The van der Waals surface area contributed by atoms with Gasteiger partial charge in [0, 0.05) is 28.8 Å². The second kappa shape index (κ2) is 8.82. The first-order chi connectivity index (χ1) is 13.2. The topological polar surface area (TPSA) is 66.5 Å². The Bertz CT molecular complexity index is 979. The van der Waals surface area contributed by atoms with Gasteiger partial charge in [0.15, 0.2) is 0 Å². The van der Waals surface area contributed by atoms with Gasteiger partial charge in [-0.2, -0.15) is 0 Å². The van der Waals surface area contributed by atoms with E-state index in [1.54, 1.807) is 12.1 Å². The van der Waals surface area contributed by atoms with E-state index in [4.69, 9.17) is 23.2 Å². The van der Waals surface area contributed by atoms with Crippen LogP contribution in [0, 0.1) is 12.8 Å². The van der Waals surface area contributed by atoms with E-state index in [-0.39, 0.29) is 24.1 Å². The molecule has 0 saturated carbocycles. The Balaban J connectivity index is 1.68. The van der Waals surface area contributed by atoms with Crippen LogP contribution in [0.1, 0.15) is 24.0 Å². The Kier molecular flexibility index (Phi) is 6.65. The van der Waals surface area contributed by atoms with Crippen molar-refractivity contribution >= 4 is 44.8 Å². The SMILES string of the molecule is Cc1cccc(NC(=O)C2CCCN(S(=O)(=O)Cc3ccc(Cl)cc3Cl)C2)c1. The van der Waals surface area contributed by atoms with Gasteiger partial charge in [0.1, 0.15) is 0 Å². The van der Waals surface area contributed by atoms with Crippen LogP contribution >= 0.6 is 23.2 Å². The lowest BCUT2D eigenvalue weighted by atomic mass is 9.98. The Morgan fingerprint density at radius 2 is 2.00 bits per heavy atom. The minimum absolute atomic E-state index is 0.157. The molecule has 3 rings (SSSR count). The number of nitrogens with one attached hydrogen (secondary N) is 1. The fourth-order valence-electron chi connectivity index (χ4n) is 3.30. The lowest BCUT2D eigenvalue weighted by Gasteiger charge is -2.31. The number of sulfonamides is 1. The molecule has 8 heteroatoms. The summed E-state index contributed by atoms with van der Waals surface area (Å²) in [6.07, 6.45) is 1.30. The number of benzene rings is 2. The van der Waals surface area contributed by atoms with Gasteiger partial charge in [-0.15, -0.1) is 0 Å². The zero-order valence-electron chi connectivity index (χ0n) is 15.5. The molecule has 28 heavy (non-hydrogen) atoms. The van der Waals surface area contributed by atoms with Gasteiger partial charge in [-0.25, -0.2) is 12.7 Å². The summed E-state index contributed by atoms with van der Waals surface area (Å²) in [6, 6.07) is 12.3. The third-order valence-electron chi connectivity index (χ3n) is 4.79. The van der Waals surface area contributed by atoms with Crippen molar-refractivity contribution in [1.82, 2.24) is 4.31 Å². The highest BCUT2D eigenvalue weighted by Crippen LogP contribution is 2.27. The summed E-state index contributed by atoms with van der Waals surface area (Å²) in [7, 11) is -3.59. The van der Waals surface area contributed by atoms with Crippen molar-refractivity contribution in [3.05, 3.63) is 63.6 Å². The molecular formula is C20H22Cl2N2O3S. The predicted octanol–water partition coefficient (Wildman–Crippen LogP) is 4.48. The highest BCUT2D eigenvalue weighted by atomic mass is 35.5. The number of aryl methyl sites for hydroxylation is 1. The van der Waals surface area contributed by atoms with Crippen LogP contribution < -0.4 is 5.32 Å². The molecule has 0 aromatic heterocycles. The quantitative estimate of drug-likeness (QED) is 0.744. The van der Waals surface area contributed by atoms with Crippen molar-refractivity contribution in [3.8, 4) is 0 Å². The van der Waals surface area contributed by atoms with Crippen LogP contribution in [0.25, 0.3) is 0 Å². The molecule has 1 fully saturated rings. The van der Waals surface area contributed by atoms with Crippen LogP contribution in [0.4, 0.5) is 5.69 Å². The van der Waals surface area contributed by atoms with Crippen LogP contribution in [-0.2, 0) is 20.6 Å². The van der Waals surface area contributed by atoms with E-state index in [0.29, 0.717) is 35.0 Å². The minimum atomic E-state index is -3.59. The van der Waals surface area contributed by atoms with Gasteiger partial charge in [-0.3, -0.25) is 4.79 Å². The molecule has 0 aliphatic carbocycles. The largest absolute Gasteiger partial charge is 0.326 e. The molecule has 0 radical (unpaired) electrons. The van der Waals surface area contributed by atoms with Gasteiger partial charge in [0.2, 0.25) is 15.9 Å². The third kappa shape index (κ3) is 5.26. The molecule has 2 aromatic rings. The van der Waals surface area contributed by atoms with Crippen molar-refractivity contribution in [3.63, 3.8) is 0 Å². The first kappa shape index (κ1) is 21.1. The number of carbonyl (C=O) groups is 1. The second-order valence-corrected chi connectivity index (χ2v) is 9.86. The summed E-state index contributed by atoms with van der Waals surface area (Å²) in [5.74, 6) is -0.755. The average Bonchev–Trinajstić information content (AvgIpc) is 2.64. The first-order valence-electron chi connectivity index (χ1n) is 9.04. The van der Waals surface area contributed by atoms with Crippen molar-refractivity contribution in [1.29, 1.82) is 0 Å². The minimum Gasteiger partial charge on any atom is -0.326 e. The summed E-state index contributed by atoms with van der Waals surface area (Å²) < 4.78 is 27.1. The molecule has 2 aromatic carbocycles. The van der Waals surface area contributed by atoms with E-state index in [2.05, 4.69) is 5.32 Å². The van der Waals surface area contributed by atoms with Crippen molar-refractivity contribution in [2.45, 2.75) is 25.5 Å². The number of amides is 1. The molecule has 1 N–H and O–H groups in total. The summed E-state index contributed by atoms with van der Waals surface area (Å²) in [5.41, 5.74) is 2.26. The lowest BCUT2D eigenvalue weighted by molar-refractivity contribution is -0.120. The third-order valence-corrected chi connectivity index (χ3v) is 7.17. The van der Waals surface area contributed by atoms with Crippen molar-refractivity contribution in [2.75, 3.05) is 18.4 Å². The molecule has 0 spiro atoms. The molecule has 1 atom stereocenters. The fraction of sp³-hybridized carbons (Fsp3) is 0.350. The van der Waals surface area contributed by atoms with E-state index in [0.717, 1.165) is 11.3 Å². The van der Waals surface area contributed by atoms with Gasteiger partial charge in [0.25, 0.3) is 0 Å². The zero-order chi connectivity index (χ0) is 20.3. The average molecular weight is 441 g/mol. The van der Waals surface area contributed by atoms with Crippen molar-refractivity contribution in [2.24, 2.45) is 5.92 Å². The Labute approximate surface area is 175 Å². The van der Waals surface area contributed by atoms with Crippen molar-refractivity contribution < 1.29 is 13.2 Å². The number of rotatable bonds is 5. The Hall–Kier alpha value is -1.60. The van der Waals surface area contributed by atoms with Crippen LogP contribution in [0.2, 0.25) is 10.0 Å². The number of anilines is 1. The molecular weight excluding hydrogens is 419 g/mol. The highest BCUT2D eigenvalue weighted by Gasteiger charge is 2.32. The van der Waals surface area contributed by atoms with E-state index in [9.17, 15) is 13.2 Å². The van der Waals surface area contributed by atoms with E-state index in [1.807, 2.05) is 31.2 Å². The number of halogens is 2. The lowest BCUT2D eigenvalue weighted by Crippen LogP contribution is -2.44. The molecule has 1 amide bonds. The molecule has 1 saturated heterocycles. The molecule has 150 valence electrons. The normalized spacial score (nSPS) is 18.0. The molecule has 5 nitrogen and oxygen atoms in total. The first-order valence-corrected chi connectivity index (χ1v) is 11.4. The van der Waals surface area contributed by atoms with Crippen LogP contribution in [-0.4, -0.2) is 31.7 Å². The standard InChI is InChI=1S/C20H22Cl2N2O3S/c1-14-4-2-6-18(10-14)23-20(25)15-5-3-9-24(12-15)28(26,27)13-16-7-8-17(21)11-19(16)22/h2,4,6-8,10-11,15H,3,5,9,12-13H2,1H3,(H,23,25). The van der Waals surface area contributed by atoms with Crippen LogP contribution in [0.3, 0.4) is 0 Å². The van der Waals surface area contributed by atoms with E-state index in [1.165, 1.54) is 10.4 Å².